The highest BCUT2D eigenvalue weighted by Gasteiger charge is 2.61. The van der Waals surface area contributed by atoms with Gasteiger partial charge in [-0.15, -0.1) is 0 Å². The van der Waals surface area contributed by atoms with Crippen molar-refractivity contribution in [2.75, 3.05) is 9.80 Å². The molecule has 5 aromatic rings. The highest BCUT2D eigenvalue weighted by atomic mass is 15.3. The number of hydrogen-bond donors (Lipinski definition) is 0. The van der Waals surface area contributed by atoms with Gasteiger partial charge < -0.3 is 9.80 Å². The maximum absolute atomic E-state index is 2.87. The van der Waals surface area contributed by atoms with Crippen LogP contribution < -0.4 is 26.2 Å². The van der Waals surface area contributed by atoms with Crippen molar-refractivity contribution in [1.82, 2.24) is 0 Å². The standard InChI is InChI=1S/C51H59BN2/c1-32-26-43-45-44(27-32)54-46-38(50(11)24-16-17-25-51(50,54)12)29-36(49(8,9)10)30-40(46)52(45)39-22-20-35(48(5,6)7)31-42(39)53(43)41-23-21-34(47(2,3)4)28-37(41)33-18-14-13-15-19-33/h13-15,18-23,26-31H,16-17,24-25H2,1-12H3. The maximum Gasteiger partial charge on any atom is 0.252 e. The molecule has 0 N–H and O–H groups in total. The van der Waals surface area contributed by atoms with Crippen LogP contribution in [0.4, 0.5) is 28.4 Å². The van der Waals surface area contributed by atoms with Crippen LogP contribution in [-0.2, 0) is 21.7 Å². The Bertz CT molecular complexity index is 2350. The molecule has 3 heterocycles. The number of rotatable bonds is 2. The van der Waals surface area contributed by atoms with Gasteiger partial charge in [0.15, 0.2) is 0 Å². The molecule has 1 aliphatic carbocycles. The zero-order valence-electron chi connectivity index (χ0n) is 35.0. The Morgan fingerprint density at radius 3 is 1.89 bits per heavy atom. The summed E-state index contributed by atoms with van der Waals surface area (Å²) in [5, 5.41) is 0. The highest BCUT2D eigenvalue weighted by Crippen LogP contribution is 2.62. The van der Waals surface area contributed by atoms with Gasteiger partial charge in [-0.1, -0.05) is 143 Å². The molecule has 0 bridgehead atoms. The lowest BCUT2D eigenvalue weighted by molar-refractivity contribution is 0.195. The van der Waals surface area contributed by atoms with E-state index in [-0.39, 0.29) is 33.9 Å². The minimum absolute atomic E-state index is 0.00384. The lowest BCUT2D eigenvalue weighted by Crippen LogP contribution is -2.64. The van der Waals surface area contributed by atoms with Crippen molar-refractivity contribution in [3.05, 3.63) is 119 Å². The summed E-state index contributed by atoms with van der Waals surface area (Å²) in [5.74, 6) is 0. The predicted octanol–water partition coefficient (Wildman–Crippen LogP) is 11.9. The molecule has 3 heteroatoms. The first-order valence-electron chi connectivity index (χ1n) is 20.6. The normalized spacial score (nSPS) is 21.4. The Balaban J connectivity index is 1.42. The summed E-state index contributed by atoms with van der Waals surface area (Å²) in [6.07, 6.45) is 5.01. The molecule has 0 amide bonds. The topological polar surface area (TPSA) is 6.48 Å². The van der Waals surface area contributed by atoms with Crippen molar-refractivity contribution in [3.8, 4) is 11.1 Å². The first-order valence-corrected chi connectivity index (χ1v) is 20.6. The van der Waals surface area contributed by atoms with Crippen molar-refractivity contribution in [2.45, 2.75) is 136 Å². The molecule has 5 aromatic carbocycles. The van der Waals surface area contributed by atoms with Crippen LogP contribution in [0.3, 0.4) is 0 Å². The van der Waals surface area contributed by atoms with Crippen molar-refractivity contribution in [3.63, 3.8) is 0 Å². The number of benzene rings is 5. The number of fused-ring (bicyclic) bond motifs is 7. The first-order chi connectivity index (χ1) is 25.3. The van der Waals surface area contributed by atoms with Crippen molar-refractivity contribution < 1.29 is 0 Å². The summed E-state index contributed by atoms with van der Waals surface area (Å²) in [6, 6.07) is 36.1. The van der Waals surface area contributed by atoms with Crippen LogP contribution in [0.5, 0.6) is 0 Å². The second kappa shape index (κ2) is 11.4. The summed E-state index contributed by atoms with van der Waals surface area (Å²) >= 11 is 0. The van der Waals surface area contributed by atoms with E-state index in [9.17, 15) is 0 Å². The van der Waals surface area contributed by atoms with Crippen LogP contribution in [0.25, 0.3) is 11.1 Å². The zero-order valence-corrected chi connectivity index (χ0v) is 35.0. The Hall–Kier alpha value is -4.24. The molecule has 0 aromatic heterocycles. The molecule has 9 rings (SSSR count). The fourth-order valence-corrected chi connectivity index (χ4v) is 10.7. The van der Waals surface area contributed by atoms with Gasteiger partial charge in [0.2, 0.25) is 0 Å². The van der Waals surface area contributed by atoms with E-state index in [2.05, 4.69) is 184 Å². The second-order valence-electron chi connectivity index (χ2n) is 20.7. The van der Waals surface area contributed by atoms with Crippen molar-refractivity contribution in [2.24, 2.45) is 0 Å². The Kier molecular flexibility index (Phi) is 7.49. The summed E-state index contributed by atoms with van der Waals surface area (Å²) in [4.78, 5) is 5.54. The van der Waals surface area contributed by atoms with Crippen LogP contribution in [0.1, 0.15) is 130 Å². The van der Waals surface area contributed by atoms with Gasteiger partial charge in [-0.2, -0.15) is 0 Å². The monoisotopic (exact) mass is 710 g/mol. The number of aryl methyl sites for hydroxylation is 1. The molecule has 3 aliphatic heterocycles. The van der Waals surface area contributed by atoms with E-state index in [1.54, 1.807) is 5.56 Å². The van der Waals surface area contributed by atoms with Crippen LogP contribution >= 0.6 is 0 Å². The quantitative estimate of drug-likeness (QED) is 0.165. The van der Waals surface area contributed by atoms with Crippen molar-refractivity contribution in [1.29, 1.82) is 0 Å². The third-order valence-electron chi connectivity index (χ3n) is 14.1. The van der Waals surface area contributed by atoms with E-state index in [0.717, 1.165) is 0 Å². The molecule has 2 atom stereocenters. The van der Waals surface area contributed by atoms with E-state index in [0.29, 0.717) is 0 Å². The molecular formula is C51H59BN2. The fourth-order valence-electron chi connectivity index (χ4n) is 10.7. The first kappa shape index (κ1) is 35.5. The Morgan fingerprint density at radius 1 is 0.574 bits per heavy atom. The molecule has 0 saturated heterocycles. The van der Waals surface area contributed by atoms with E-state index >= 15 is 0 Å². The summed E-state index contributed by atoms with van der Waals surface area (Å²) in [6.45, 7) is 28.9. The molecule has 1 fully saturated rings. The van der Waals surface area contributed by atoms with E-state index in [1.807, 2.05) is 0 Å². The average molecular weight is 711 g/mol. The largest absolute Gasteiger partial charge is 0.335 e. The lowest BCUT2D eigenvalue weighted by Gasteiger charge is -2.53. The van der Waals surface area contributed by atoms with Gasteiger partial charge in [0.25, 0.3) is 6.71 Å². The third kappa shape index (κ3) is 4.92. The predicted molar refractivity (Wildman–Crippen MR) is 235 cm³/mol. The minimum Gasteiger partial charge on any atom is -0.335 e. The van der Waals surface area contributed by atoms with Gasteiger partial charge in [0.05, 0.1) is 11.2 Å². The van der Waals surface area contributed by atoms with E-state index in [4.69, 9.17) is 0 Å². The van der Waals surface area contributed by atoms with Gasteiger partial charge in [-0.3, -0.25) is 0 Å². The van der Waals surface area contributed by atoms with Gasteiger partial charge in [0, 0.05) is 33.7 Å². The third-order valence-corrected chi connectivity index (χ3v) is 14.1. The molecular weight excluding hydrogens is 651 g/mol. The van der Waals surface area contributed by atoms with Crippen LogP contribution in [0.15, 0.2) is 91.0 Å². The zero-order chi connectivity index (χ0) is 38.3. The second-order valence-corrected chi connectivity index (χ2v) is 20.7. The SMILES string of the molecule is Cc1cc2c3c(c1)N1c4c(cc(C(C)(C)C)cc4C4(C)CCCCC14C)B3c1ccc(C(C)(C)C)cc1N2c1ccc(C(C)(C)C)cc1-c1ccccc1. The molecule has 0 radical (unpaired) electrons. The minimum atomic E-state index is -0.00384. The molecule has 0 spiro atoms. The van der Waals surface area contributed by atoms with Gasteiger partial charge in [-0.05, 0) is 123 Å². The van der Waals surface area contributed by atoms with E-state index in [1.165, 1.54) is 104 Å². The van der Waals surface area contributed by atoms with Crippen LogP contribution in [-0.4, -0.2) is 12.3 Å². The maximum atomic E-state index is 2.87. The van der Waals surface area contributed by atoms with E-state index < -0.39 is 0 Å². The Morgan fingerprint density at radius 2 is 1.20 bits per heavy atom. The van der Waals surface area contributed by atoms with Gasteiger partial charge in [-0.25, -0.2) is 0 Å². The molecule has 1 saturated carbocycles. The van der Waals surface area contributed by atoms with Gasteiger partial charge >= 0.3 is 0 Å². The number of anilines is 5. The summed E-state index contributed by atoms with van der Waals surface area (Å²) < 4.78 is 0. The number of nitrogens with zero attached hydrogens (tertiary/aromatic N) is 2. The average Bonchev–Trinajstić information content (AvgIpc) is 3.32. The summed E-state index contributed by atoms with van der Waals surface area (Å²) in [5.41, 5.74) is 21.0. The molecule has 2 unspecified atom stereocenters. The van der Waals surface area contributed by atoms with Crippen LogP contribution in [0, 0.1) is 6.92 Å². The fraction of sp³-hybridized carbons (Fsp3) is 0.412. The summed E-state index contributed by atoms with van der Waals surface area (Å²) in [7, 11) is 0. The molecule has 2 nitrogen and oxygen atoms in total. The molecule has 276 valence electrons. The van der Waals surface area contributed by atoms with Crippen LogP contribution in [0.2, 0.25) is 0 Å². The smallest absolute Gasteiger partial charge is 0.252 e. The lowest BCUT2D eigenvalue weighted by atomic mass is 9.33. The van der Waals surface area contributed by atoms with Crippen molar-refractivity contribution >= 4 is 51.5 Å². The number of hydrogen-bond acceptors (Lipinski definition) is 2. The molecule has 54 heavy (non-hydrogen) atoms. The molecule has 4 aliphatic rings. The Labute approximate surface area is 326 Å². The van der Waals surface area contributed by atoms with Gasteiger partial charge in [0.1, 0.15) is 0 Å². The highest BCUT2D eigenvalue weighted by molar-refractivity contribution is 7.00.